The van der Waals surface area contributed by atoms with E-state index in [2.05, 4.69) is 50.4 Å². The summed E-state index contributed by atoms with van der Waals surface area (Å²) in [4.78, 5) is 0. The van der Waals surface area contributed by atoms with Crippen LogP contribution >= 0.6 is 0 Å². The van der Waals surface area contributed by atoms with Crippen LogP contribution in [-0.4, -0.2) is 6.54 Å². The van der Waals surface area contributed by atoms with Gasteiger partial charge in [-0.3, -0.25) is 0 Å². The average Bonchev–Trinajstić information content (AvgIpc) is 2.55. The van der Waals surface area contributed by atoms with Crippen LogP contribution in [0.4, 0.5) is 0 Å². The highest BCUT2D eigenvalue weighted by Gasteiger charge is 2.31. The third-order valence-electron chi connectivity index (χ3n) is 6.07. The van der Waals surface area contributed by atoms with Gasteiger partial charge in [-0.05, 0) is 73.4 Å². The van der Waals surface area contributed by atoms with Crippen molar-refractivity contribution in [1.29, 1.82) is 0 Å². The number of hydrogen-bond acceptors (Lipinski definition) is 1. The first-order valence-corrected chi connectivity index (χ1v) is 9.38. The van der Waals surface area contributed by atoms with Crippen LogP contribution in [0.1, 0.15) is 88.8 Å². The molecule has 1 aliphatic carbocycles. The Kier molecular flexibility index (Phi) is 4.92. The molecule has 1 aromatic carbocycles. The zero-order valence-electron chi connectivity index (χ0n) is 14.7. The summed E-state index contributed by atoms with van der Waals surface area (Å²) in [6.45, 7) is 8.43. The van der Waals surface area contributed by atoms with Gasteiger partial charge in [-0.2, -0.15) is 0 Å². The monoisotopic (exact) mass is 299 g/mol. The van der Waals surface area contributed by atoms with Gasteiger partial charge in [-0.15, -0.1) is 0 Å². The molecule has 0 radical (unpaired) electrons. The molecule has 1 aromatic rings. The van der Waals surface area contributed by atoms with Crippen LogP contribution in [-0.2, 0) is 0 Å². The van der Waals surface area contributed by atoms with Crippen molar-refractivity contribution < 1.29 is 0 Å². The number of hydrogen-bond donors (Lipinski definition) is 1. The van der Waals surface area contributed by atoms with Gasteiger partial charge >= 0.3 is 0 Å². The maximum Gasteiger partial charge on any atom is 0.0323 e. The van der Waals surface area contributed by atoms with Crippen molar-refractivity contribution >= 4 is 0 Å². The molecule has 2 fully saturated rings. The molecule has 0 spiro atoms. The van der Waals surface area contributed by atoms with Gasteiger partial charge in [-0.25, -0.2) is 0 Å². The third kappa shape index (κ3) is 3.56. The Labute approximate surface area is 136 Å². The van der Waals surface area contributed by atoms with Gasteiger partial charge < -0.3 is 5.32 Å². The molecule has 1 N–H and O–H groups in total. The standard InChI is InChI=1S/C21H33N/c1-21(2,3)17-13-11-16(12-14-17)18-8-4-5-9-19(18)20-10-6-7-15-22-20/h4-5,8-9,16-17,20,22H,6-7,10-15H2,1-3H3. The SMILES string of the molecule is CC(C)(C)C1CCC(c2ccccc2C2CCCCN2)CC1. The topological polar surface area (TPSA) is 12.0 Å². The van der Waals surface area contributed by atoms with Gasteiger partial charge in [-0.1, -0.05) is 51.5 Å². The van der Waals surface area contributed by atoms with Crippen molar-refractivity contribution in [3.63, 3.8) is 0 Å². The average molecular weight is 300 g/mol. The molecule has 1 saturated carbocycles. The Hall–Kier alpha value is -0.820. The molecule has 1 unspecified atom stereocenters. The van der Waals surface area contributed by atoms with Gasteiger partial charge in [0.15, 0.2) is 0 Å². The second kappa shape index (κ2) is 6.74. The molecule has 1 saturated heterocycles. The van der Waals surface area contributed by atoms with E-state index in [1.165, 1.54) is 51.5 Å². The zero-order chi connectivity index (χ0) is 15.6. The lowest BCUT2D eigenvalue weighted by atomic mass is 9.68. The van der Waals surface area contributed by atoms with Crippen LogP contribution in [0.25, 0.3) is 0 Å². The molecule has 1 atom stereocenters. The zero-order valence-corrected chi connectivity index (χ0v) is 14.7. The van der Waals surface area contributed by atoms with Gasteiger partial charge in [0.05, 0.1) is 0 Å². The molecule has 3 rings (SSSR count). The molecule has 1 heterocycles. The van der Waals surface area contributed by atoms with Crippen LogP contribution in [0.3, 0.4) is 0 Å². The molecule has 122 valence electrons. The van der Waals surface area contributed by atoms with Crippen LogP contribution < -0.4 is 5.32 Å². The van der Waals surface area contributed by atoms with Crippen LogP contribution in [0.2, 0.25) is 0 Å². The smallest absolute Gasteiger partial charge is 0.0323 e. The lowest BCUT2D eigenvalue weighted by Crippen LogP contribution is -2.29. The Balaban J connectivity index is 1.73. The predicted octanol–water partition coefficient (Wildman–Crippen LogP) is 5.82. The van der Waals surface area contributed by atoms with Crippen molar-refractivity contribution in [2.24, 2.45) is 11.3 Å². The summed E-state index contributed by atoms with van der Waals surface area (Å²) in [5, 5.41) is 3.75. The molecule has 0 amide bonds. The maximum absolute atomic E-state index is 3.75. The number of nitrogens with one attached hydrogen (secondary N) is 1. The van der Waals surface area contributed by atoms with Gasteiger partial charge in [0, 0.05) is 6.04 Å². The first-order chi connectivity index (χ1) is 10.6. The van der Waals surface area contributed by atoms with Gasteiger partial charge in [0.1, 0.15) is 0 Å². The quantitative estimate of drug-likeness (QED) is 0.725. The van der Waals surface area contributed by atoms with E-state index in [9.17, 15) is 0 Å². The van der Waals surface area contributed by atoms with Crippen LogP contribution in [0, 0.1) is 11.3 Å². The number of rotatable bonds is 2. The van der Waals surface area contributed by atoms with E-state index in [1.807, 2.05) is 0 Å². The molecule has 1 aliphatic heterocycles. The van der Waals surface area contributed by atoms with E-state index < -0.39 is 0 Å². The summed E-state index contributed by atoms with van der Waals surface area (Å²) in [5.41, 5.74) is 3.73. The Bertz CT molecular complexity index is 471. The molecular formula is C21H33N. The predicted molar refractivity (Wildman–Crippen MR) is 95.2 cm³/mol. The van der Waals surface area contributed by atoms with Crippen LogP contribution in [0.5, 0.6) is 0 Å². The second-order valence-electron chi connectivity index (χ2n) is 8.55. The summed E-state index contributed by atoms with van der Waals surface area (Å²) < 4.78 is 0. The van der Waals surface area contributed by atoms with E-state index in [1.54, 1.807) is 11.1 Å². The molecule has 1 heteroatoms. The minimum Gasteiger partial charge on any atom is -0.310 e. The first kappa shape index (κ1) is 16.1. The van der Waals surface area contributed by atoms with E-state index in [-0.39, 0.29) is 0 Å². The summed E-state index contributed by atoms with van der Waals surface area (Å²) in [6.07, 6.45) is 9.60. The van der Waals surface area contributed by atoms with Crippen molar-refractivity contribution in [1.82, 2.24) is 5.32 Å². The molecule has 0 bridgehead atoms. The van der Waals surface area contributed by atoms with Crippen molar-refractivity contribution in [2.75, 3.05) is 6.54 Å². The summed E-state index contributed by atoms with van der Waals surface area (Å²) in [5.74, 6) is 1.70. The van der Waals surface area contributed by atoms with Crippen molar-refractivity contribution in [3.05, 3.63) is 35.4 Å². The van der Waals surface area contributed by atoms with Gasteiger partial charge in [0.25, 0.3) is 0 Å². The minimum atomic E-state index is 0.482. The van der Waals surface area contributed by atoms with E-state index in [0.29, 0.717) is 11.5 Å². The normalized spacial score (nSPS) is 30.2. The molecule has 0 aromatic heterocycles. The maximum atomic E-state index is 3.75. The Morgan fingerprint density at radius 3 is 2.14 bits per heavy atom. The van der Waals surface area contributed by atoms with Crippen molar-refractivity contribution in [2.45, 2.75) is 77.7 Å². The third-order valence-corrected chi connectivity index (χ3v) is 6.07. The Morgan fingerprint density at radius 1 is 0.864 bits per heavy atom. The fourth-order valence-electron chi connectivity index (χ4n) is 4.59. The second-order valence-corrected chi connectivity index (χ2v) is 8.55. The fourth-order valence-corrected chi connectivity index (χ4v) is 4.59. The molecule has 1 nitrogen and oxygen atoms in total. The van der Waals surface area contributed by atoms with E-state index in [4.69, 9.17) is 0 Å². The van der Waals surface area contributed by atoms with E-state index in [0.717, 1.165) is 11.8 Å². The molecule has 2 aliphatic rings. The summed E-state index contributed by atoms with van der Waals surface area (Å²) in [7, 11) is 0. The number of benzene rings is 1. The lowest BCUT2D eigenvalue weighted by molar-refractivity contribution is 0.168. The largest absolute Gasteiger partial charge is 0.310 e. The highest BCUT2D eigenvalue weighted by molar-refractivity contribution is 5.33. The first-order valence-electron chi connectivity index (χ1n) is 9.38. The lowest BCUT2D eigenvalue weighted by Gasteiger charge is -2.38. The minimum absolute atomic E-state index is 0.482. The van der Waals surface area contributed by atoms with Crippen LogP contribution in [0.15, 0.2) is 24.3 Å². The Morgan fingerprint density at radius 2 is 1.55 bits per heavy atom. The summed E-state index contributed by atoms with van der Waals surface area (Å²) in [6, 6.07) is 9.88. The molecular weight excluding hydrogens is 266 g/mol. The fraction of sp³-hybridized carbons (Fsp3) is 0.714. The molecule has 22 heavy (non-hydrogen) atoms. The van der Waals surface area contributed by atoms with Gasteiger partial charge in [0.2, 0.25) is 0 Å². The number of piperidine rings is 1. The highest BCUT2D eigenvalue weighted by atomic mass is 14.9. The highest BCUT2D eigenvalue weighted by Crippen LogP contribution is 2.44. The van der Waals surface area contributed by atoms with E-state index >= 15 is 0 Å². The van der Waals surface area contributed by atoms with Crippen molar-refractivity contribution in [3.8, 4) is 0 Å². The summed E-state index contributed by atoms with van der Waals surface area (Å²) >= 11 is 0.